The number of alkyl halides is 2. The van der Waals surface area contributed by atoms with Crippen LogP contribution < -0.4 is 0 Å². The van der Waals surface area contributed by atoms with Gasteiger partial charge in [0.05, 0.1) is 5.41 Å². The first-order chi connectivity index (χ1) is 7.65. The molecule has 1 N–H and O–H groups in total. The molecule has 0 fully saturated rings. The van der Waals surface area contributed by atoms with Gasteiger partial charge in [-0.3, -0.25) is 4.79 Å². The summed E-state index contributed by atoms with van der Waals surface area (Å²) in [6.45, 7) is 2.60. The molecule has 94 valence electrons. The van der Waals surface area contributed by atoms with Crippen LogP contribution in [-0.4, -0.2) is 11.1 Å². The molecule has 1 rings (SSSR count). The van der Waals surface area contributed by atoms with E-state index in [0.29, 0.717) is 0 Å². The van der Waals surface area contributed by atoms with E-state index in [1.54, 1.807) is 12.1 Å². The summed E-state index contributed by atoms with van der Waals surface area (Å²) in [7, 11) is 0. The lowest BCUT2D eigenvalue weighted by atomic mass is 9.84. The van der Waals surface area contributed by atoms with Crippen molar-refractivity contribution < 1.29 is 18.7 Å². The lowest BCUT2D eigenvalue weighted by Gasteiger charge is -2.26. The lowest BCUT2D eigenvalue weighted by molar-refractivity contribution is -0.153. The van der Waals surface area contributed by atoms with Gasteiger partial charge in [0.25, 0.3) is 5.92 Å². The number of aliphatic carboxylic acids is 1. The number of rotatable bonds is 4. The van der Waals surface area contributed by atoms with E-state index in [1.165, 1.54) is 26.0 Å². The zero-order chi connectivity index (χ0) is 13.3. The van der Waals surface area contributed by atoms with Crippen LogP contribution in [0.15, 0.2) is 24.3 Å². The predicted octanol–water partition coefficient (Wildman–Crippen LogP) is 3.88. The van der Waals surface area contributed by atoms with Gasteiger partial charge < -0.3 is 5.11 Å². The molecule has 0 radical (unpaired) electrons. The number of carboxylic acids is 1. The van der Waals surface area contributed by atoms with Crippen LogP contribution in [0, 0.1) is 8.99 Å². The maximum atomic E-state index is 13.9. The SMILES string of the molecule is CC(C)(CC(F)(F)c1ccc(I)cc1)C(=O)O. The van der Waals surface area contributed by atoms with Gasteiger partial charge in [-0.15, -0.1) is 0 Å². The van der Waals surface area contributed by atoms with E-state index in [9.17, 15) is 13.6 Å². The summed E-state index contributed by atoms with van der Waals surface area (Å²) in [5.41, 5.74) is -1.60. The van der Waals surface area contributed by atoms with Crippen molar-refractivity contribution in [3.05, 3.63) is 33.4 Å². The molecule has 0 aliphatic carbocycles. The Hall–Kier alpha value is -0.720. The van der Waals surface area contributed by atoms with Crippen LogP contribution in [0.5, 0.6) is 0 Å². The molecule has 5 heteroatoms. The van der Waals surface area contributed by atoms with E-state index in [2.05, 4.69) is 0 Å². The molecule has 0 aliphatic rings. The van der Waals surface area contributed by atoms with Crippen LogP contribution in [0.3, 0.4) is 0 Å². The summed E-state index contributed by atoms with van der Waals surface area (Å²) >= 11 is 2.02. The molecule has 17 heavy (non-hydrogen) atoms. The van der Waals surface area contributed by atoms with Crippen molar-refractivity contribution in [1.82, 2.24) is 0 Å². The normalized spacial score (nSPS) is 12.5. The first-order valence-electron chi connectivity index (χ1n) is 5.02. The number of carboxylic acid groups (broad SMARTS) is 1. The smallest absolute Gasteiger partial charge is 0.309 e. The van der Waals surface area contributed by atoms with Crippen molar-refractivity contribution in [2.75, 3.05) is 0 Å². The third-order valence-corrected chi connectivity index (χ3v) is 3.23. The molecule has 0 saturated carbocycles. The van der Waals surface area contributed by atoms with E-state index in [-0.39, 0.29) is 5.56 Å². The van der Waals surface area contributed by atoms with Crippen molar-refractivity contribution in [2.45, 2.75) is 26.2 Å². The van der Waals surface area contributed by atoms with Gasteiger partial charge in [-0.1, -0.05) is 12.1 Å². The molecule has 0 aliphatic heterocycles. The predicted molar refractivity (Wildman–Crippen MR) is 69.1 cm³/mol. The Balaban J connectivity index is 2.96. The van der Waals surface area contributed by atoms with E-state index in [0.717, 1.165) is 3.57 Å². The number of halogens is 3. The molecule has 0 aromatic heterocycles. The Kier molecular flexibility index (Phi) is 4.11. The Morgan fingerprint density at radius 3 is 2.18 bits per heavy atom. The third-order valence-electron chi connectivity index (χ3n) is 2.51. The maximum Gasteiger partial charge on any atom is 0.309 e. The van der Waals surface area contributed by atoms with E-state index >= 15 is 0 Å². The number of carbonyl (C=O) groups is 1. The maximum absolute atomic E-state index is 13.9. The van der Waals surface area contributed by atoms with Crippen molar-refractivity contribution in [2.24, 2.45) is 5.41 Å². The minimum absolute atomic E-state index is 0.146. The summed E-state index contributed by atoms with van der Waals surface area (Å²) in [5.74, 6) is -4.35. The summed E-state index contributed by atoms with van der Waals surface area (Å²) in [6.07, 6.45) is -0.712. The van der Waals surface area contributed by atoms with E-state index < -0.39 is 23.7 Å². The van der Waals surface area contributed by atoms with Crippen molar-refractivity contribution in [3.63, 3.8) is 0 Å². The highest BCUT2D eigenvalue weighted by Gasteiger charge is 2.42. The van der Waals surface area contributed by atoms with Crippen LogP contribution in [0.4, 0.5) is 8.78 Å². The molecular formula is C12H13F2IO2. The van der Waals surface area contributed by atoms with Gasteiger partial charge in [0, 0.05) is 15.6 Å². The molecule has 0 bridgehead atoms. The van der Waals surface area contributed by atoms with Gasteiger partial charge >= 0.3 is 5.97 Å². The van der Waals surface area contributed by atoms with Gasteiger partial charge in [0.2, 0.25) is 0 Å². The molecule has 0 unspecified atom stereocenters. The first kappa shape index (κ1) is 14.3. The average Bonchev–Trinajstić information content (AvgIpc) is 2.16. The summed E-state index contributed by atoms with van der Waals surface area (Å²) in [4.78, 5) is 10.8. The molecule has 1 aromatic rings. The Morgan fingerprint density at radius 1 is 1.29 bits per heavy atom. The largest absolute Gasteiger partial charge is 0.481 e. The number of hydrogen-bond donors (Lipinski definition) is 1. The van der Waals surface area contributed by atoms with E-state index in [4.69, 9.17) is 5.11 Å². The third kappa shape index (κ3) is 3.62. The fourth-order valence-electron chi connectivity index (χ4n) is 1.43. The summed E-state index contributed by atoms with van der Waals surface area (Å²) in [6, 6.07) is 5.83. The van der Waals surface area contributed by atoms with Crippen molar-refractivity contribution in [1.29, 1.82) is 0 Å². The van der Waals surface area contributed by atoms with Crippen LogP contribution in [0.2, 0.25) is 0 Å². The fourth-order valence-corrected chi connectivity index (χ4v) is 1.79. The standard InChI is InChI=1S/C12H13F2IO2/c1-11(2,10(16)17)7-12(13,14)8-3-5-9(15)6-4-8/h3-6H,7H2,1-2H3,(H,16,17). The molecule has 0 amide bonds. The summed E-state index contributed by atoms with van der Waals surface area (Å²) < 4.78 is 28.6. The monoisotopic (exact) mass is 354 g/mol. The minimum atomic E-state index is -3.13. The minimum Gasteiger partial charge on any atom is -0.481 e. The quantitative estimate of drug-likeness (QED) is 0.834. The Morgan fingerprint density at radius 2 is 1.76 bits per heavy atom. The zero-order valence-electron chi connectivity index (χ0n) is 9.51. The molecular weight excluding hydrogens is 341 g/mol. The average molecular weight is 354 g/mol. The topological polar surface area (TPSA) is 37.3 Å². The molecule has 2 nitrogen and oxygen atoms in total. The molecule has 0 heterocycles. The van der Waals surface area contributed by atoms with Gasteiger partial charge in [-0.2, -0.15) is 0 Å². The highest BCUT2D eigenvalue weighted by Crippen LogP contribution is 2.39. The molecule has 1 aromatic carbocycles. The first-order valence-corrected chi connectivity index (χ1v) is 6.10. The van der Waals surface area contributed by atoms with Gasteiger partial charge in [0.1, 0.15) is 0 Å². The van der Waals surface area contributed by atoms with Crippen LogP contribution in [-0.2, 0) is 10.7 Å². The van der Waals surface area contributed by atoms with Gasteiger partial charge in [0.15, 0.2) is 0 Å². The lowest BCUT2D eigenvalue weighted by Crippen LogP contribution is -2.31. The highest BCUT2D eigenvalue weighted by atomic mass is 127. The zero-order valence-corrected chi connectivity index (χ0v) is 11.7. The number of hydrogen-bond acceptors (Lipinski definition) is 1. The molecule has 0 saturated heterocycles. The van der Waals surface area contributed by atoms with E-state index in [1.807, 2.05) is 22.6 Å². The Bertz CT molecular complexity index is 413. The fraction of sp³-hybridized carbons (Fsp3) is 0.417. The van der Waals surface area contributed by atoms with Crippen molar-refractivity contribution in [3.8, 4) is 0 Å². The van der Waals surface area contributed by atoms with Gasteiger partial charge in [-0.25, -0.2) is 8.78 Å². The number of benzene rings is 1. The second kappa shape index (κ2) is 4.88. The van der Waals surface area contributed by atoms with Crippen molar-refractivity contribution >= 4 is 28.6 Å². The van der Waals surface area contributed by atoms with Crippen LogP contribution in [0.1, 0.15) is 25.8 Å². The highest BCUT2D eigenvalue weighted by molar-refractivity contribution is 14.1. The second-order valence-corrected chi connectivity index (χ2v) is 5.82. The van der Waals surface area contributed by atoms with Crippen LogP contribution >= 0.6 is 22.6 Å². The van der Waals surface area contributed by atoms with Crippen LogP contribution in [0.25, 0.3) is 0 Å². The summed E-state index contributed by atoms with van der Waals surface area (Å²) in [5, 5.41) is 8.86. The second-order valence-electron chi connectivity index (χ2n) is 4.58. The molecule has 0 spiro atoms. The van der Waals surface area contributed by atoms with Gasteiger partial charge in [-0.05, 0) is 48.6 Å². The Labute approximate surface area is 112 Å². The molecule has 0 atom stereocenters.